The average molecular weight is 439 g/mol. The van der Waals surface area contributed by atoms with Crippen LogP contribution in [0, 0.1) is 0 Å². The van der Waals surface area contributed by atoms with Crippen molar-refractivity contribution in [1.82, 2.24) is 24.5 Å². The van der Waals surface area contributed by atoms with Crippen LogP contribution < -0.4 is 9.64 Å². The van der Waals surface area contributed by atoms with Crippen LogP contribution in [-0.4, -0.2) is 58.1 Å². The molecule has 0 bridgehead atoms. The Morgan fingerprint density at radius 2 is 2.19 bits per heavy atom. The third-order valence-corrected chi connectivity index (χ3v) is 6.26. The molecule has 1 fully saturated rings. The van der Waals surface area contributed by atoms with Gasteiger partial charge in [-0.3, -0.25) is 4.79 Å². The van der Waals surface area contributed by atoms with Gasteiger partial charge in [0, 0.05) is 32.4 Å². The van der Waals surface area contributed by atoms with Crippen molar-refractivity contribution >= 4 is 23.4 Å². The van der Waals surface area contributed by atoms with Crippen LogP contribution in [0.1, 0.15) is 46.9 Å². The van der Waals surface area contributed by atoms with Gasteiger partial charge in [0.05, 0.1) is 24.5 Å². The van der Waals surface area contributed by atoms with Crippen LogP contribution in [0.2, 0.25) is 0 Å². The molecule has 0 unspecified atom stereocenters. The number of carbonyl (C=O) groups is 1. The number of ether oxygens (including phenoxy) is 1. The minimum atomic E-state index is -0.137. The highest BCUT2D eigenvalue weighted by molar-refractivity contribution is 7.08. The molecule has 1 aliphatic heterocycles. The summed E-state index contributed by atoms with van der Waals surface area (Å²) in [7, 11) is 5.48. The third kappa shape index (κ3) is 4.10. The van der Waals surface area contributed by atoms with E-state index in [4.69, 9.17) is 9.72 Å². The maximum atomic E-state index is 13.4. The van der Waals surface area contributed by atoms with Crippen molar-refractivity contribution in [2.24, 2.45) is 0 Å². The highest BCUT2D eigenvalue weighted by atomic mass is 32.1. The summed E-state index contributed by atoms with van der Waals surface area (Å²) >= 11 is 1.17. The zero-order chi connectivity index (χ0) is 22.0. The van der Waals surface area contributed by atoms with Crippen LogP contribution in [0.5, 0.6) is 5.75 Å². The van der Waals surface area contributed by atoms with Crippen LogP contribution in [0.25, 0.3) is 11.1 Å². The first-order chi connectivity index (χ1) is 15.0. The van der Waals surface area contributed by atoms with Gasteiger partial charge < -0.3 is 14.5 Å². The van der Waals surface area contributed by atoms with Crippen molar-refractivity contribution in [1.29, 1.82) is 0 Å². The second-order valence-electron chi connectivity index (χ2n) is 7.65. The molecule has 0 radical (unpaired) electrons. The summed E-state index contributed by atoms with van der Waals surface area (Å²) in [5.41, 5.74) is 3.48. The Kier molecular flexibility index (Phi) is 6.13. The Morgan fingerprint density at radius 3 is 2.94 bits per heavy atom. The Labute approximate surface area is 186 Å². The van der Waals surface area contributed by atoms with Crippen molar-refractivity contribution < 1.29 is 9.53 Å². The average Bonchev–Trinajstić information content (AvgIpc) is 3.47. The zero-order valence-electron chi connectivity index (χ0n) is 18.2. The van der Waals surface area contributed by atoms with E-state index >= 15 is 0 Å². The number of methoxy groups -OCH3 is 1. The van der Waals surface area contributed by atoms with Gasteiger partial charge in [-0.25, -0.2) is 9.97 Å². The molecule has 0 spiro atoms. The Bertz CT molecular complexity index is 1080. The number of hydrogen-bond donors (Lipinski definition) is 0. The number of aromatic nitrogens is 4. The van der Waals surface area contributed by atoms with Crippen molar-refractivity contribution in [3.05, 3.63) is 46.7 Å². The fourth-order valence-corrected chi connectivity index (χ4v) is 4.60. The first-order valence-corrected chi connectivity index (χ1v) is 11.1. The molecule has 0 saturated carbocycles. The number of amides is 1. The summed E-state index contributed by atoms with van der Waals surface area (Å²) in [4.78, 5) is 27.3. The molecule has 1 aromatic carbocycles. The number of nitrogens with zero attached hydrogens (tertiary/aromatic N) is 6. The normalized spacial score (nSPS) is 15.9. The number of carbonyl (C=O) groups excluding carboxylic acids is 1. The van der Waals surface area contributed by atoms with E-state index in [0.717, 1.165) is 41.1 Å². The van der Waals surface area contributed by atoms with E-state index in [2.05, 4.69) is 14.6 Å². The highest BCUT2D eigenvalue weighted by Crippen LogP contribution is 2.39. The molecule has 162 valence electrons. The van der Waals surface area contributed by atoms with Crippen molar-refractivity contribution in [2.75, 3.05) is 32.6 Å². The van der Waals surface area contributed by atoms with E-state index in [0.29, 0.717) is 23.8 Å². The molecule has 4 rings (SSSR count). The highest BCUT2D eigenvalue weighted by Gasteiger charge is 2.35. The van der Waals surface area contributed by atoms with Gasteiger partial charge >= 0.3 is 0 Å². The lowest BCUT2D eigenvalue weighted by Crippen LogP contribution is -2.31. The van der Waals surface area contributed by atoms with Gasteiger partial charge in [-0.05, 0) is 48.5 Å². The summed E-state index contributed by atoms with van der Waals surface area (Å²) in [5, 5.41) is 4.12. The fourth-order valence-electron chi connectivity index (χ4n) is 3.89. The molecule has 2 aromatic heterocycles. The molecule has 8 nitrogen and oxygen atoms in total. The number of anilines is 1. The van der Waals surface area contributed by atoms with E-state index < -0.39 is 0 Å². The largest absolute Gasteiger partial charge is 0.497 e. The molecular formula is C22H26N6O2S. The van der Waals surface area contributed by atoms with Gasteiger partial charge in [-0.1, -0.05) is 23.5 Å². The monoisotopic (exact) mass is 438 g/mol. The fraction of sp³-hybridized carbons (Fsp3) is 0.409. The standard InChI is InChI=1S/C22H26N6O2S/c1-5-17-20(31-26-25-17)21(29)28-11-7-10-18(28)19-16(13-23-22(24-19)27(2)3)14-8-6-9-15(12-14)30-4/h6,8-9,12-13,18H,5,7,10-11H2,1-4H3/t18-/m1/s1. The minimum absolute atomic E-state index is 0.0176. The SMILES string of the molecule is CCc1nnsc1C(=O)N1CCC[C@@H]1c1nc(N(C)C)ncc1-c1cccc(OC)c1. The van der Waals surface area contributed by atoms with Gasteiger partial charge in [0.15, 0.2) is 0 Å². The molecule has 1 aliphatic rings. The number of hydrogen-bond acceptors (Lipinski definition) is 8. The van der Waals surface area contributed by atoms with Crippen molar-refractivity contribution in [2.45, 2.75) is 32.2 Å². The first kappa shape index (κ1) is 21.2. The summed E-state index contributed by atoms with van der Waals surface area (Å²) in [6.45, 7) is 2.67. The van der Waals surface area contributed by atoms with Gasteiger partial charge in [-0.15, -0.1) is 5.10 Å². The van der Waals surface area contributed by atoms with Crippen molar-refractivity contribution in [3.8, 4) is 16.9 Å². The molecule has 1 amide bonds. The molecule has 3 aromatic rings. The summed E-state index contributed by atoms with van der Waals surface area (Å²) in [6, 6.07) is 7.71. The van der Waals surface area contributed by atoms with Gasteiger partial charge in [0.1, 0.15) is 10.6 Å². The van der Waals surface area contributed by atoms with Gasteiger partial charge in [0.2, 0.25) is 5.95 Å². The van der Waals surface area contributed by atoms with Crippen LogP contribution >= 0.6 is 11.5 Å². The Hall–Kier alpha value is -3.07. The second-order valence-corrected chi connectivity index (χ2v) is 8.41. The zero-order valence-corrected chi connectivity index (χ0v) is 19.0. The summed E-state index contributed by atoms with van der Waals surface area (Å²) in [5.74, 6) is 1.37. The molecular weight excluding hydrogens is 412 g/mol. The topological polar surface area (TPSA) is 84.3 Å². The third-order valence-electron chi connectivity index (χ3n) is 5.50. The minimum Gasteiger partial charge on any atom is -0.497 e. The lowest BCUT2D eigenvalue weighted by Gasteiger charge is -2.26. The van der Waals surface area contributed by atoms with E-state index in [-0.39, 0.29) is 11.9 Å². The van der Waals surface area contributed by atoms with E-state index in [1.165, 1.54) is 11.5 Å². The van der Waals surface area contributed by atoms with Crippen LogP contribution in [-0.2, 0) is 6.42 Å². The number of likely N-dealkylation sites (tertiary alicyclic amines) is 1. The molecule has 3 heterocycles. The van der Waals surface area contributed by atoms with Crippen LogP contribution in [0.3, 0.4) is 0 Å². The summed E-state index contributed by atoms with van der Waals surface area (Å²) in [6.07, 6.45) is 4.30. The maximum absolute atomic E-state index is 13.4. The Balaban J connectivity index is 1.79. The molecule has 1 saturated heterocycles. The number of benzene rings is 1. The van der Waals surface area contributed by atoms with Crippen LogP contribution in [0.15, 0.2) is 30.5 Å². The van der Waals surface area contributed by atoms with E-state index in [9.17, 15) is 4.79 Å². The molecule has 9 heteroatoms. The maximum Gasteiger partial charge on any atom is 0.268 e. The second kappa shape index (κ2) is 8.97. The van der Waals surface area contributed by atoms with E-state index in [1.807, 2.05) is 61.3 Å². The lowest BCUT2D eigenvalue weighted by molar-refractivity contribution is 0.0737. The van der Waals surface area contributed by atoms with Crippen molar-refractivity contribution in [3.63, 3.8) is 0 Å². The number of rotatable bonds is 6. The molecule has 1 atom stereocenters. The molecule has 31 heavy (non-hydrogen) atoms. The molecule has 0 aliphatic carbocycles. The quantitative estimate of drug-likeness (QED) is 0.581. The lowest BCUT2D eigenvalue weighted by atomic mass is 9.99. The molecule has 0 N–H and O–H groups in total. The van der Waals surface area contributed by atoms with Gasteiger partial charge in [0.25, 0.3) is 5.91 Å². The predicted octanol–water partition coefficient (Wildman–Crippen LogP) is 3.61. The predicted molar refractivity (Wildman–Crippen MR) is 121 cm³/mol. The summed E-state index contributed by atoms with van der Waals surface area (Å²) < 4.78 is 9.41. The number of aryl methyl sites for hydroxylation is 1. The van der Waals surface area contributed by atoms with Crippen LogP contribution in [0.4, 0.5) is 5.95 Å². The smallest absolute Gasteiger partial charge is 0.268 e. The first-order valence-electron chi connectivity index (χ1n) is 10.3. The Morgan fingerprint density at radius 1 is 1.35 bits per heavy atom. The van der Waals surface area contributed by atoms with E-state index in [1.54, 1.807) is 7.11 Å². The van der Waals surface area contributed by atoms with Gasteiger partial charge in [-0.2, -0.15) is 0 Å².